The van der Waals surface area contributed by atoms with Crippen molar-refractivity contribution in [2.45, 2.75) is 24.9 Å². The molecule has 1 saturated carbocycles. The fourth-order valence-electron chi connectivity index (χ4n) is 3.38. The second kappa shape index (κ2) is 7.98. The maximum absolute atomic E-state index is 13.1. The van der Waals surface area contributed by atoms with Gasteiger partial charge in [0.15, 0.2) is 0 Å². The number of hydrogen-bond acceptors (Lipinski definition) is 4. The summed E-state index contributed by atoms with van der Waals surface area (Å²) in [6, 6.07) is 9.89. The molecule has 0 saturated heterocycles. The second-order valence-electron chi connectivity index (χ2n) is 7.23. The van der Waals surface area contributed by atoms with E-state index in [0.717, 1.165) is 25.0 Å². The third-order valence-corrected chi connectivity index (χ3v) is 5.04. The summed E-state index contributed by atoms with van der Waals surface area (Å²) in [4.78, 5) is 13.0. The Morgan fingerprint density at radius 1 is 1.10 bits per heavy atom. The van der Waals surface area contributed by atoms with Crippen molar-refractivity contribution < 1.29 is 27.4 Å². The van der Waals surface area contributed by atoms with E-state index < -0.39 is 17.6 Å². The number of benzene rings is 2. The lowest BCUT2D eigenvalue weighted by Gasteiger charge is -2.13. The van der Waals surface area contributed by atoms with Gasteiger partial charge in [-0.05, 0) is 31.0 Å². The van der Waals surface area contributed by atoms with Crippen LogP contribution in [0.2, 0.25) is 0 Å². The van der Waals surface area contributed by atoms with Gasteiger partial charge < -0.3 is 14.8 Å². The van der Waals surface area contributed by atoms with Crippen LogP contribution in [0.1, 0.15) is 40.4 Å². The van der Waals surface area contributed by atoms with Crippen molar-refractivity contribution in [3.63, 3.8) is 0 Å². The van der Waals surface area contributed by atoms with Crippen LogP contribution in [-0.4, -0.2) is 29.9 Å². The molecule has 1 aromatic heterocycles. The molecule has 9 heteroatoms. The minimum atomic E-state index is -4.46. The normalized spacial score (nSPS) is 13.7. The monoisotopic (exact) mass is 431 g/mol. The van der Waals surface area contributed by atoms with Crippen LogP contribution in [-0.2, 0) is 6.18 Å². The highest BCUT2D eigenvalue weighted by Crippen LogP contribution is 2.43. The molecule has 0 spiro atoms. The van der Waals surface area contributed by atoms with E-state index in [9.17, 15) is 18.0 Å². The molecule has 1 amide bonds. The fourth-order valence-corrected chi connectivity index (χ4v) is 3.38. The summed E-state index contributed by atoms with van der Waals surface area (Å²) >= 11 is 0. The van der Waals surface area contributed by atoms with E-state index in [0.29, 0.717) is 28.4 Å². The number of rotatable bonds is 6. The van der Waals surface area contributed by atoms with Crippen LogP contribution in [0.15, 0.2) is 48.7 Å². The van der Waals surface area contributed by atoms with Crippen LogP contribution in [0, 0.1) is 0 Å². The molecule has 0 unspecified atom stereocenters. The van der Waals surface area contributed by atoms with Gasteiger partial charge in [-0.15, -0.1) is 0 Å². The fraction of sp³-hybridized carbons (Fsp3) is 0.273. The number of amides is 1. The van der Waals surface area contributed by atoms with Crippen LogP contribution in [0.3, 0.4) is 0 Å². The summed E-state index contributed by atoms with van der Waals surface area (Å²) in [7, 11) is 3.01. The zero-order valence-corrected chi connectivity index (χ0v) is 16.9. The molecule has 6 nitrogen and oxygen atoms in total. The highest BCUT2D eigenvalue weighted by Gasteiger charge is 2.34. The molecule has 1 heterocycles. The van der Waals surface area contributed by atoms with Gasteiger partial charge in [-0.25, -0.2) is 4.68 Å². The quantitative estimate of drug-likeness (QED) is 0.594. The molecule has 4 rings (SSSR count). The molecular weight excluding hydrogens is 411 g/mol. The Morgan fingerprint density at radius 3 is 2.35 bits per heavy atom. The van der Waals surface area contributed by atoms with Gasteiger partial charge >= 0.3 is 6.18 Å². The van der Waals surface area contributed by atoms with Gasteiger partial charge in [0.05, 0.1) is 42.9 Å². The number of carbonyl (C=O) groups is 1. The van der Waals surface area contributed by atoms with E-state index in [1.807, 2.05) is 0 Å². The van der Waals surface area contributed by atoms with Gasteiger partial charge in [-0.3, -0.25) is 4.79 Å². The van der Waals surface area contributed by atoms with Crippen LogP contribution in [0.5, 0.6) is 11.5 Å². The molecule has 1 aliphatic carbocycles. The largest absolute Gasteiger partial charge is 0.497 e. The molecule has 162 valence electrons. The number of methoxy groups -OCH3 is 2. The third kappa shape index (κ3) is 4.35. The molecule has 0 aliphatic heterocycles. The molecule has 1 aliphatic rings. The van der Waals surface area contributed by atoms with Crippen molar-refractivity contribution in [3.8, 4) is 17.2 Å². The number of ether oxygens (including phenoxy) is 2. The molecule has 1 fully saturated rings. The van der Waals surface area contributed by atoms with Gasteiger partial charge in [0.2, 0.25) is 0 Å². The summed E-state index contributed by atoms with van der Waals surface area (Å²) < 4.78 is 51.3. The number of nitrogens with one attached hydrogen (secondary N) is 1. The van der Waals surface area contributed by atoms with E-state index in [1.54, 1.807) is 24.3 Å². The van der Waals surface area contributed by atoms with Crippen molar-refractivity contribution in [2.75, 3.05) is 19.5 Å². The highest BCUT2D eigenvalue weighted by atomic mass is 19.4. The Balaban J connectivity index is 1.68. The van der Waals surface area contributed by atoms with Crippen LogP contribution < -0.4 is 14.8 Å². The first-order chi connectivity index (χ1) is 14.8. The Hall–Kier alpha value is -3.49. The minimum Gasteiger partial charge on any atom is -0.497 e. The predicted octanol–water partition coefficient (Wildman–Crippen LogP) is 5.04. The second-order valence-corrected chi connectivity index (χ2v) is 7.23. The number of anilines is 1. The first-order valence-corrected chi connectivity index (χ1v) is 9.60. The summed E-state index contributed by atoms with van der Waals surface area (Å²) in [5.74, 6) is 0.682. The molecule has 1 N–H and O–H groups in total. The van der Waals surface area contributed by atoms with E-state index in [1.165, 1.54) is 31.2 Å². The first-order valence-electron chi connectivity index (χ1n) is 9.60. The van der Waals surface area contributed by atoms with Crippen molar-refractivity contribution in [1.82, 2.24) is 9.78 Å². The van der Waals surface area contributed by atoms with Crippen LogP contribution in [0.25, 0.3) is 5.69 Å². The molecule has 2 aromatic carbocycles. The SMILES string of the molecule is COc1cc(NC(=O)c2cnn(-c3cccc(C(F)(F)F)c3)c2C2CC2)cc(OC)c1. The number of carbonyl (C=O) groups excluding carboxylic acids is 1. The van der Waals surface area contributed by atoms with E-state index >= 15 is 0 Å². The van der Waals surface area contributed by atoms with E-state index in [4.69, 9.17) is 9.47 Å². The number of nitrogens with zero attached hydrogens (tertiary/aromatic N) is 2. The van der Waals surface area contributed by atoms with Crippen molar-refractivity contribution in [1.29, 1.82) is 0 Å². The highest BCUT2D eigenvalue weighted by molar-refractivity contribution is 6.05. The van der Waals surface area contributed by atoms with Crippen LogP contribution >= 0.6 is 0 Å². The lowest BCUT2D eigenvalue weighted by molar-refractivity contribution is -0.137. The Morgan fingerprint density at radius 2 is 1.77 bits per heavy atom. The summed E-state index contributed by atoms with van der Waals surface area (Å²) in [6.45, 7) is 0. The van der Waals surface area contributed by atoms with Crippen molar-refractivity contribution in [2.24, 2.45) is 0 Å². The first kappa shape index (κ1) is 20.8. The Labute approximate surface area is 176 Å². The molecule has 0 atom stereocenters. The Kier molecular flexibility index (Phi) is 5.34. The third-order valence-electron chi connectivity index (χ3n) is 5.04. The van der Waals surface area contributed by atoms with Gasteiger partial charge in [-0.1, -0.05) is 6.07 Å². The Bertz CT molecular complexity index is 1100. The zero-order valence-electron chi connectivity index (χ0n) is 16.9. The average molecular weight is 431 g/mol. The standard InChI is InChI=1S/C22H20F3N3O3/c1-30-17-9-15(10-18(11-17)31-2)27-21(29)19-12-26-28(20(19)13-6-7-13)16-5-3-4-14(8-16)22(23,24)25/h3-5,8-13H,6-7H2,1-2H3,(H,27,29). The lowest BCUT2D eigenvalue weighted by Crippen LogP contribution is -2.14. The minimum absolute atomic E-state index is 0.0673. The number of hydrogen-bond donors (Lipinski definition) is 1. The average Bonchev–Trinajstić information content (AvgIpc) is 3.50. The van der Waals surface area contributed by atoms with Crippen LogP contribution in [0.4, 0.5) is 18.9 Å². The number of alkyl halides is 3. The molecule has 0 radical (unpaired) electrons. The van der Waals surface area contributed by atoms with Gasteiger partial charge in [0.1, 0.15) is 11.5 Å². The number of halogens is 3. The smallest absolute Gasteiger partial charge is 0.416 e. The molecular formula is C22H20F3N3O3. The van der Waals surface area contributed by atoms with E-state index in [-0.39, 0.29) is 11.6 Å². The summed E-state index contributed by atoms with van der Waals surface area (Å²) in [5.41, 5.74) is 0.888. The maximum Gasteiger partial charge on any atom is 0.416 e. The molecule has 31 heavy (non-hydrogen) atoms. The van der Waals surface area contributed by atoms with Crippen molar-refractivity contribution in [3.05, 3.63) is 65.5 Å². The predicted molar refractivity (Wildman–Crippen MR) is 108 cm³/mol. The van der Waals surface area contributed by atoms with Crippen molar-refractivity contribution >= 4 is 11.6 Å². The zero-order chi connectivity index (χ0) is 22.2. The number of aromatic nitrogens is 2. The van der Waals surface area contributed by atoms with Gasteiger partial charge in [0, 0.05) is 29.8 Å². The van der Waals surface area contributed by atoms with E-state index in [2.05, 4.69) is 10.4 Å². The molecule has 0 bridgehead atoms. The topological polar surface area (TPSA) is 65.4 Å². The maximum atomic E-state index is 13.1. The van der Waals surface area contributed by atoms with Gasteiger partial charge in [-0.2, -0.15) is 18.3 Å². The van der Waals surface area contributed by atoms with Gasteiger partial charge in [0.25, 0.3) is 5.91 Å². The summed E-state index contributed by atoms with van der Waals surface area (Å²) in [5, 5.41) is 7.04. The lowest BCUT2D eigenvalue weighted by atomic mass is 10.1. The summed E-state index contributed by atoms with van der Waals surface area (Å²) in [6.07, 6.45) is -1.38. The molecule has 3 aromatic rings.